The van der Waals surface area contributed by atoms with Crippen LogP contribution >= 0.6 is 11.6 Å². The fraction of sp³-hybridized carbons (Fsp3) is 0.105. The van der Waals surface area contributed by atoms with E-state index in [4.69, 9.17) is 16.3 Å². The van der Waals surface area contributed by atoms with Crippen molar-refractivity contribution in [2.24, 2.45) is 0 Å². The molecule has 1 aliphatic heterocycles. The molecule has 126 valence electrons. The standard InChI is InChI=1S/C19H14ClNO4/c1-11-3-4-12(2)15(7-11)18-10-14(19(22)25-18)8-13-5-6-16(20)17(9-13)21(23)24/h3-10H,1-2H3/b14-8+. The third-order valence-corrected chi connectivity index (χ3v) is 4.19. The number of nitro benzene ring substituents is 1. The van der Waals surface area contributed by atoms with E-state index in [1.807, 2.05) is 32.0 Å². The van der Waals surface area contributed by atoms with Crippen LogP contribution in [0.25, 0.3) is 11.8 Å². The van der Waals surface area contributed by atoms with Gasteiger partial charge in [-0.15, -0.1) is 0 Å². The predicted molar refractivity (Wildman–Crippen MR) is 96.1 cm³/mol. The van der Waals surface area contributed by atoms with Gasteiger partial charge in [-0.1, -0.05) is 35.4 Å². The summed E-state index contributed by atoms with van der Waals surface area (Å²) in [6.07, 6.45) is 3.19. The van der Waals surface area contributed by atoms with E-state index in [0.717, 1.165) is 16.7 Å². The normalized spacial score (nSPS) is 15.2. The van der Waals surface area contributed by atoms with E-state index in [1.165, 1.54) is 12.1 Å². The summed E-state index contributed by atoms with van der Waals surface area (Å²) < 4.78 is 5.36. The van der Waals surface area contributed by atoms with Crippen LogP contribution in [-0.4, -0.2) is 10.9 Å². The fourth-order valence-corrected chi connectivity index (χ4v) is 2.75. The van der Waals surface area contributed by atoms with Crippen LogP contribution in [0.2, 0.25) is 5.02 Å². The maximum atomic E-state index is 12.1. The lowest BCUT2D eigenvalue weighted by Gasteiger charge is -2.06. The van der Waals surface area contributed by atoms with Gasteiger partial charge in [0.25, 0.3) is 5.69 Å². The van der Waals surface area contributed by atoms with E-state index in [-0.39, 0.29) is 10.7 Å². The van der Waals surface area contributed by atoms with Gasteiger partial charge in [0, 0.05) is 11.6 Å². The first-order valence-electron chi connectivity index (χ1n) is 7.52. The lowest BCUT2D eigenvalue weighted by Crippen LogP contribution is -1.98. The Morgan fingerprint density at radius 2 is 1.92 bits per heavy atom. The first-order chi connectivity index (χ1) is 11.8. The highest BCUT2D eigenvalue weighted by Crippen LogP contribution is 2.31. The molecule has 0 atom stereocenters. The molecule has 0 N–H and O–H groups in total. The fourth-order valence-electron chi connectivity index (χ4n) is 2.56. The maximum Gasteiger partial charge on any atom is 0.343 e. The lowest BCUT2D eigenvalue weighted by molar-refractivity contribution is -0.384. The van der Waals surface area contributed by atoms with Crippen LogP contribution in [0.5, 0.6) is 0 Å². The quantitative estimate of drug-likeness (QED) is 0.341. The predicted octanol–water partition coefficient (Wildman–Crippen LogP) is 4.85. The van der Waals surface area contributed by atoms with E-state index in [0.29, 0.717) is 16.9 Å². The molecule has 0 amide bonds. The number of carbonyl (C=O) groups excluding carboxylic acids is 1. The molecule has 0 fully saturated rings. The summed E-state index contributed by atoms with van der Waals surface area (Å²) in [5.74, 6) is -0.0191. The highest BCUT2D eigenvalue weighted by Gasteiger charge is 2.23. The summed E-state index contributed by atoms with van der Waals surface area (Å²) in [6, 6.07) is 10.3. The molecule has 3 rings (SSSR count). The minimum atomic E-state index is -0.561. The Bertz CT molecular complexity index is 960. The van der Waals surface area contributed by atoms with Gasteiger partial charge in [0.1, 0.15) is 10.8 Å². The second-order valence-corrected chi connectivity index (χ2v) is 6.19. The smallest absolute Gasteiger partial charge is 0.343 e. The maximum absolute atomic E-state index is 12.1. The topological polar surface area (TPSA) is 69.4 Å². The highest BCUT2D eigenvalue weighted by atomic mass is 35.5. The summed E-state index contributed by atoms with van der Waals surface area (Å²) in [4.78, 5) is 22.6. The number of carbonyl (C=O) groups is 1. The minimum absolute atomic E-state index is 0.0489. The Hall–Kier alpha value is -2.92. The Morgan fingerprint density at radius 3 is 2.64 bits per heavy atom. The Balaban J connectivity index is 2.00. The van der Waals surface area contributed by atoms with Gasteiger partial charge in [-0.05, 0) is 49.3 Å². The van der Waals surface area contributed by atoms with Gasteiger partial charge in [0.2, 0.25) is 0 Å². The molecule has 0 radical (unpaired) electrons. The molecular weight excluding hydrogens is 342 g/mol. The molecule has 2 aromatic rings. The zero-order valence-electron chi connectivity index (χ0n) is 13.6. The number of hydrogen-bond acceptors (Lipinski definition) is 4. The number of cyclic esters (lactones) is 1. The van der Waals surface area contributed by atoms with Crippen molar-refractivity contribution in [3.05, 3.63) is 85.4 Å². The molecule has 0 bridgehead atoms. The van der Waals surface area contributed by atoms with Gasteiger partial charge in [0.05, 0.1) is 10.5 Å². The number of halogens is 1. The SMILES string of the molecule is Cc1ccc(C)c(C2=C/C(=C\c3ccc(Cl)c([N+](=O)[O-])c3)C(=O)O2)c1. The molecule has 0 aromatic heterocycles. The summed E-state index contributed by atoms with van der Waals surface area (Å²) in [5.41, 5.74) is 3.52. The number of benzene rings is 2. The second kappa shape index (κ2) is 6.53. The zero-order chi connectivity index (χ0) is 18.1. The zero-order valence-corrected chi connectivity index (χ0v) is 14.3. The highest BCUT2D eigenvalue weighted by molar-refractivity contribution is 6.32. The van der Waals surface area contributed by atoms with Crippen LogP contribution in [0, 0.1) is 24.0 Å². The van der Waals surface area contributed by atoms with Gasteiger partial charge >= 0.3 is 5.97 Å². The molecule has 0 saturated heterocycles. The first-order valence-corrected chi connectivity index (χ1v) is 7.90. The number of nitrogens with zero attached hydrogens (tertiary/aromatic N) is 1. The van der Waals surface area contributed by atoms with Crippen molar-refractivity contribution in [2.45, 2.75) is 13.8 Å². The third-order valence-electron chi connectivity index (χ3n) is 3.87. The van der Waals surface area contributed by atoms with Crippen LogP contribution in [-0.2, 0) is 9.53 Å². The van der Waals surface area contributed by atoms with Crippen molar-refractivity contribution in [1.29, 1.82) is 0 Å². The number of rotatable bonds is 3. The Labute approximate surface area is 149 Å². The summed E-state index contributed by atoms with van der Waals surface area (Å²) in [7, 11) is 0. The lowest BCUT2D eigenvalue weighted by atomic mass is 10.0. The van der Waals surface area contributed by atoms with Gasteiger partial charge < -0.3 is 4.74 Å². The minimum Gasteiger partial charge on any atom is -0.422 e. The molecule has 5 nitrogen and oxygen atoms in total. The van der Waals surface area contributed by atoms with Crippen LogP contribution in [0.4, 0.5) is 5.69 Å². The summed E-state index contributed by atoms with van der Waals surface area (Å²) in [6.45, 7) is 3.90. The first kappa shape index (κ1) is 16.9. The molecule has 0 saturated carbocycles. The number of ether oxygens (including phenoxy) is 1. The molecule has 25 heavy (non-hydrogen) atoms. The van der Waals surface area contributed by atoms with Gasteiger partial charge in [-0.2, -0.15) is 0 Å². The number of aryl methyl sites for hydroxylation is 2. The summed E-state index contributed by atoms with van der Waals surface area (Å²) >= 11 is 5.81. The molecule has 6 heteroatoms. The number of esters is 1. The van der Waals surface area contributed by atoms with Crippen molar-refractivity contribution >= 4 is 35.1 Å². The second-order valence-electron chi connectivity index (χ2n) is 5.78. The third kappa shape index (κ3) is 3.46. The van der Waals surface area contributed by atoms with E-state index >= 15 is 0 Å². The van der Waals surface area contributed by atoms with Crippen LogP contribution in [0.15, 0.2) is 48.0 Å². The van der Waals surface area contributed by atoms with Crippen molar-refractivity contribution in [2.75, 3.05) is 0 Å². The molecule has 0 aliphatic carbocycles. The van der Waals surface area contributed by atoms with Crippen LogP contribution in [0.1, 0.15) is 22.3 Å². The molecule has 2 aromatic carbocycles. The van der Waals surface area contributed by atoms with Crippen molar-refractivity contribution in [1.82, 2.24) is 0 Å². The van der Waals surface area contributed by atoms with E-state index in [9.17, 15) is 14.9 Å². The van der Waals surface area contributed by atoms with E-state index in [1.54, 1.807) is 18.2 Å². The van der Waals surface area contributed by atoms with Gasteiger partial charge in [0.15, 0.2) is 0 Å². The number of nitro groups is 1. The van der Waals surface area contributed by atoms with Crippen molar-refractivity contribution in [3.8, 4) is 0 Å². The molecule has 0 spiro atoms. The van der Waals surface area contributed by atoms with E-state index < -0.39 is 10.9 Å². The Kier molecular flexibility index (Phi) is 4.42. The van der Waals surface area contributed by atoms with Crippen molar-refractivity contribution in [3.63, 3.8) is 0 Å². The molecule has 0 unspecified atom stereocenters. The molecule has 1 heterocycles. The Morgan fingerprint density at radius 1 is 1.16 bits per heavy atom. The van der Waals surface area contributed by atoms with Gasteiger partial charge in [-0.25, -0.2) is 4.79 Å². The van der Waals surface area contributed by atoms with Crippen molar-refractivity contribution < 1.29 is 14.5 Å². The molecular formula is C19H14ClNO4. The van der Waals surface area contributed by atoms with Gasteiger partial charge in [-0.3, -0.25) is 10.1 Å². The monoisotopic (exact) mass is 355 g/mol. The summed E-state index contributed by atoms with van der Waals surface area (Å²) in [5, 5.41) is 11.0. The average molecular weight is 356 g/mol. The largest absolute Gasteiger partial charge is 0.422 e. The van der Waals surface area contributed by atoms with E-state index in [2.05, 4.69) is 0 Å². The van der Waals surface area contributed by atoms with Crippen LogP contribution in [0.3, 0.4) is 0 Å². The molecule has 1 aliphatic rings. The average Bonchev–Trinajstić information content (AvgIpc) is 2.92. The van der Waals surface area contributed by atoms with Crippen LogP contribution < -0.4 is 0 Å². The number of hydrogen-bond donors (Lipinski definition) is 0.